The molecule has 0 saturated heterocycles. The summed E-state index contributed by atoms with van der Waals surface area (Å²) >= 11 is 0. The maximum absolute atomic E-state index is 10.8. The Hall–Kier alpha value is -1.32. The van der Waals surface area contributed by atoms with Gasteiger partial charge in [-0.05, 0) is 12.8 Å². The molecule has 0 heterocycles. The topological polar surface area (TPSA) is 74.6 Å². The van der Waals surface area contributed by atoms with Gasteiger partial charge in [0.15, 0.2) is 0 Å². The summed E-state index contributed by atoms with van der Waals surface area (Å²) in [5.41, 5.74) is -0.000390. The minimum atomic E-state index is -1.18. The number of hydrogen-bond donors (Lipinski definition) is 2. The van der Waals surface area contributed by atoms with Crippen LogP contribution in [0.5, 0.6) is 0 Å². The van der Waals surface area contributed by atoms with Crippen molar-refractivity contribution in [2.24, 2.45) is 0 Å². The molecule has 0 aliphatic rings. The molecule has 0 saturated carbocycles. The fourth-order valence-corrected chi connectivity index (χ4v) is 2.55. The minimum absolute atomic E-state index is 0.000390. The summed E-state index contributed by atoms with van der Waals surface area (Å²) in [6.07, 6.45) is 15.8. The van der Waals surface area contributed by atoms with Crippen LogP contribution >= 0.6 is 0 Å². The summed E-state index contributed by atoms with van der Waals surface area (Å²) in [6, 6.07) is 0. The number of unbranched alkanes of at least 4 members (excludes halogenated alkanes) is 11. The first kappa shape index (κ1) is 20.7. The predicted molar refractivity (Wildman–Crippen MR) is 89.0 cm³/mol. The SMILES string of the molecule is CCCCCCCCCCCCCC/C(=C\C(=O)O)C(=O)O. The minimum Gasteiger partial charge on any atom is -0.478 e. The van der Waals surface area contributed by atoms with Crippen LogP contribution in [0.15, 0.2) is 11.6 Å². The fourth-order valence-electron chi connectivity index (χ4n) is 2.55. The van der Waals surface area contributed by atoms with Crippen LogP contribution in [-0.2, 0) is 9.59 Å². The van der Waals surface area contributed by atoms with Crippen molar-refractivity contribution in [3.8, 4) is 0 Å². The number of rotatable bonds is 15. The van der Waals surface area contributed by atoms with Gasteiger partial charge in [-0.2, -0.15) is 0 Å². The molecule has 4 nitrogen and oxygen atoms in total. The first-order valence-electron chi connectivity index (χ1n) is 8.74. The zero-order valence-corrected chi connectivity index (χ0v) is 14.0. The van der Waals surface area contributed by atoms with Crippen LogP contribution in [0, 0.1) is 0 Å². The van der Waals surface area contributed by atoms with Crippen molar-refractivity contribution < 1.29 is 19.8 Å². The van der Waals surface area contributed by atoms with Crippen molar-refractivity contribution in [3.63, 3.8) is 0 Å². The van der Waals surface area contributed by atoms with E-state index in [0.717, 1.165) is 25.3 Å². The molecule has 22 heavy (non-hydrogen) atoms. The van der Waals surface area contributed by atoms with Gasteiger partial charge in [0, 0.05) is 11.6 Å². The van der Waals surface area contributed by atoms with Crippen LogP contribution in [0.3, 0.4) is 0 Å². The van der Waals surface area contributed by atoms with E-state index in [9.17, 15) is 9.59 Å². The first-order valence-corrected chi connectivity index (χ1v) is 8.74. The van der Waals surface area contributed by atoms with Crippen molar-refractivity contribution in [2.45, 2.75) is 90.4 Å². The van der Waals surface area contributed by atoms with E-state index in [2.05, 4.69) is 6.92 Å². The van der Waals surface area contributed by atoms with Gasteiger partial charge in [-0.25, -0.2) is 9.59 Å². The molecule has 0 aromatic heterocycles. The monoisotopic (exact) mass is 312 g/mol. The lowest BCUT2D eigenvalue weighted by atomic mass is 10.0. The second kappa shape index (κ2) is 14.6. The van der Waals surface area contributed by atoms with E-state index in [4.69, 9.17) is 10.2 Å². The smallest absolute Gasteiger partial charge is 0.331 e. The Morgan fingerprint density at radius 1 is 0.727 bits per heavy atom. The summed E-state index contributed by atoms with van der Waals surface area (Å²) in [6.45, 7) is 2.23. The third kappa shape index (κ3) is 13.7. The van der Waals surface area contributed by atoms with Crippen LogP contribution < -0.4 is 0 Å². The van der Waals surface area contributed by atoms with Crippen LogP contribution in [0.1, 0.15) is 90.4 Å². The van der Waals surface area contributed by atoms with Crippen molar-refractivity contribution >= 4 is 11.9 Å². The van der Waals surface area contributed by atoms with Crippen molar-refractivity contribution in [3.05, 3.63) is 11.6 Å². The molecule has 0 aliphatic heterocycles. The second-order valence-electron chi connectivity index (χ2n) is 5.95. The van der Waals surface area contributed by atoms with Gasteiger partial charge in [-0.15, -0.1) is 0 Å². The zero-order chi connectivity index (χ0) is 16.6. The van der Waals surface area contributed by atoms with E-state index < -0.39 is 11.9 Å². The van der Waals surface area contributed by atoms with Gasteiger partial charge in [0.25, 0.3) is 0 Å². The lowest BCUT2D eigenvalue weighted by molar-refractivity contribution is -0.135. The van der Waals surface area contributed by atoms with Crippen LogP contribution in [0.25, 0.3) is 0 Å². The number of hydrogen-bond acceptors (Lipinski definition) is 2. The predicted octanol–water partition coefficient (Wildman–Crippen LogP) is 5.17. The molecule has 0 bridgehead atoms. The van der Waals surface area contributed by atoms with Gasteiger partial charge in [-0.3, -0.25) is 0 Å². The van der Waals surface area contributed by atoms with Crippen molar-refractivity contribution in [2.75, 3.05) is 0 Å². The molecule has 0 amide bonds. The maximum atomic E-state index is 10.8. The molecular weight excluding hydrogens is 280 g/mol. The molecule has 4 heteroatoms. The van der Waals surface area contributed by atoms with Gasteiger partial charge in [-0.1, -0.05) is 77.6 Å². The number of carboxylic acids is 2. The maximum Gasteiger partial charge on any atom is 0.331 e. The second-order valence-corrected chi connectivity index (χ2v) is 5.95. The molecule has 2 N–H and O–H groups in total. The Morgan fingerprint density at radius 3 is 1.50 bits per heavy atom. The largest absolute Gasteiger partial charge is 0.478 e. The molecule has 0 radical (unpaired) electrons. The molecule has 0 spiro atoms. The molecule has 0 atom stereocenters. The Labute approximate surface area is 134 Å². The van der Waals surface area contributed by atoms with E-state index in [1.807, 2.05) is 0 Å². The summed E-state index contributed by atoms with van der Waals surface area (Å²) in [4.78, 5) is 21.3. The Bertz CT molecular complexity index is 334. The Morgan fingerprint density at radius 2 is 1.14 bits per heavy atom. The molecule has 0 rings (SSSR count). The molecule has 0 aromatic carbocycles. The highest BCUT2D eigenvalue weighted by atomic mass is 16.4. The highest BCUT2D eigenvalue weighted by molar-refractivity contribution is 5.94. The van der Waals surface area contributed by atoms with Gasteiger partial charge in [0.1, 0.15) is 0 Å². The van der Waals surface area contributed by atoms with Gasteiger partial charge < -0.3 is 10.2 Å². The van der Waals surface area contributed by atoms with Gasteiger partial charge in [0.2, 0.25) is 0 Å². The summed E-state index contributed by atoms with van der Waals surface area (Å²) in [5.74, 6) is -2.30. The summed E-state index contributed by atoms with van der Waals surface area (Å²) in [5, 5.41) is 17.5. The van der Waals surface area contributed by atoms with Crippen LogP contribution in [0.4, 0.5) is 0 Å². The quantitative estimate of drug-likeness (QED) is 0.323. The standard InChI is InChI=1S/C18H32O4/c1-2-3-4-5-6-7-8-9-10-11-12-13-14-16(18(21)22)15-17(19)20/h15H,2-14H2,1H3,(H,19,20)(H,21,22)/b16-15+. The first-order chi connectivity index (χ1) is 10.6. The number of aliphatic carboxylic acids is 2. The van der Waals surface area contributed by atoms with Crippen molar-refractivity contribution in [1.82, 2.24) is 0 Å². The van der Waals surface area contributed by atoms with Crippen molar-refractivity contribution in [1.29, 1.82) is 0 Å². The lowest BCUT2D eigenvalue weighted by Crippen LogP contribution is -2.04. The number of carbonyl (C=O) groups is 2. The highest BCUT2D eigenvalue weighted by Gasteiger charge is 2.08. The summed E-state index contributed by atoms with van der Waals surface area (Å²) < 4.78 is 0. The average Bonchev–Trinajstić information content (AvgIpc) is 2.46. The van der Waals surface area contributed by atoms with Gasteiger partial charge >= 0.3 is 11.9 Å². The molecular formula is C18H32O4. The van der Waals surface area contributed by atoms with E-state index in [1.54, 1.807) is 0 Å². The van der Waals surface area contributed by atoms with E-state index in [-0.39, 0.29) is 5.57 Å². The fraction of sp³-hybridized carbons (Fsp3) is 0.778. The van der Waals surface area contributed by atoms with E-state index in [1.165, 1.54) is 57.8 Å². The summed E-state index contributed by atoms with van der Waals surface area (Å²) in [7, 11) is 0. The molecule has 0 unspecified atom stereocenters. The van der Waals surface area contributed by atoms with E-state index >= 15 is 0 Å². The Balaban J connectivity index is 3.43. The van der Waals surface area contributed by atoms with Crippen LogP contribution in [0.2, 0.25) is 0 Å². The molecule has 0 aromatic rings. The lowest BCUT2D eigenvalue weighted by Gasteiger charge is -2.03. The zero-order valence-electron chi connectivity index (χ0n) is 14.0. The normalized spacial score (nSPS) is 11.6. The van der Waals surface area contributed by atoms with Crippen LogP contribution in [-0.4, -0.2) is 22.2 Å². The van der Waals surface area contributed by atoms with E-state index in [0.29, 0.717) is 6.42 Å². The third-order valence-electron chi connectivity index (χ3n) is 3.87. The number of carboxylic acid groups (broad SMARTS) is 2. The van der Waals surface area contributed by atoms with Gasteiger partial charge in [0.05, 0.1) is 0 Å². The third-order valence-corrected chi connectivity index (χ3v) is 3.87. The average molecular weight is 312 g/mol. The highest BCUT2D eigenvalue weighted by Crippen LogP contribution is 2.14. The molecule has 0 aliphatic carbocycles. The molecule has 128 valence electrons. The molecule has 0 fully saturated rings. The Kier molecular flexibility index (Phi) is 13.7.